The number of rotatable bonds is 6. The second-order valence-corrected chi connectivity index (χ2v) is 5.31. The molecule has 0 aromatic heterocycles. The lowest BCUT2D eigenvalue weighted by Gasteiger charge is -2.30. The summed E-state index contributed by atoms with van der Waals surface area (Å²) in [4.78, 5) is 12.0. The predicted octanol–water partition coefficient (Wildman–Crippen LogP) is 4.16. The van der Waals surface area contributed by atoms with Crippen LogP contribution < -0.4 is 5.32 Å². The first-order valence-electron chi connectivity index (χ1n) is 6.79. The summed E-state index contributed by atoms with van der Waals surface area (Å²) >= 11 is 5.90. The molecule has 0 aliphatic carbocycles. The lowest BCUT2D eigenvalue weighted by Crippen LogP contribution is -2.49. The molecular formula is C15H19ClF3NO. The van der Waals surface area contributed by atoms with E-state index in [1.807, 2.05) is 13.8 Å². The fourth-order valence-electron chi connectivity index (χ4n) is 1.99. The molecule has 0 bridgehead atoms. The molecule has 1 N–H and O–H groups in total. The van der Waals surface area contributed by atoms with Crippen molar-refractivity contribution in [3.8, 4) is 0 Å². The Balaban J connectivity index is 2.71. The molecule has 0 radical (unpaired) electrons. The van der Waals surface area contributed by atoms with Gasteiger partial charge in [-0.05, 0) is 30.5 Å². The molecule has 1 amide bonds. The largest absolute Gasteiger partial charge is 0.416 e. The molecule has 118 valence electrons. The van der Waals surface area contributed by atoms with E-state index in [0.717, 1.165) is 12.1 Å². The van der Waals surface area contributed by atoms with Crippen molar-refractivity contribution in [2.45, 2.75) is 44.8 Å². The van der Waals surface area contributed by atoms with Crippen LogP contribution in [0.5, 0.6) is 0 Å². The summed E-state index contributed by atoms with van der Waals surface area (Å²) in [5.41, 5.74) is -0.634. The van der Waals surface area contributed by atoms with Gasteiger partial charge in [-0.1, -0.05) is 26.0 Å². The molecule has 0 fully saturated rings. The maximum absolute atomic E-state index is 12.4. The van der Waals surface area contributed by atoms with E-state index in [1.165, 1.54) is 12.1 Å². The highest BCUT2D eigenvalue weighted by Crippen LogP contribution is 2.29. The average molecular weight is 322 g/mol. The average Bonchev–Trinajstić information content (AvgIpc) is 2.44. The van der Waals surface area contributed by atoms with Crippen LogP contribution in [-0.4, -0.2) is 17.3 Å². The Hall–Kier alpha value is -1.23. The maximum atomic E-state index is 12.4. The smallest absolute Gasteiger partial charge is 0.349 e. The zero-order chi connectivity index (χ0) is 16.1. The second kappa shape index (κ2) is 7.16. The molecule has 0 saturated heterocycles. The molecule has 0 aliphatic rings. The highest BCUT2D eigenvalue weighted by molar-refractivity contribution is 6.18. The van der Waals surface area contributed by atoms with Gasteiger partial charge in [0.2, 0.25) is 5.91 Å². The zero-order valence-electron chi connectivity index (χ0n) is 12.1. The van der Waals surface area contributed by atoms with Gasteiger partial charge in [0, 0.05) is 5.88 Å². The van der Waals surface area contributed by atoms with Crippen LogP contribution in [0.15, 0.2) is 24.3 Å². The fraction of sp³-hybridized carbons (Fsp3) is 0.533. The van der Waals surface area contributed by atoms with Crippen molar-refractivity contribution in [1.82, 2.24) is 5.32 Å². The third-order valence-corrected chi connectivity index (χ3v) is 4.17. The quantitative estimate of drug-likeness (QED) is 0.783. The third-order valence-electron chi connectivity index (χ3n) is 3.66. The van der Waals surface area contributed by atoms with Crippen molar-refractivity contribution in [3.05, 3.63) is 35.4 Å². The Labute approximate surface area is 127 Å². The van der Waals surface area contributed by atoms with Gasteiger partial charge in [-0.25, -0.2) is 0 Å². The van der Waals surface area contributed by atoms with Crippen molar-refractivity contribution in [1.29, 1.82) is 0 Å². The lowest BCUT2D eigenvalue weighted by atomic mass is 9.94. The van der Waals surface area contributed by atoms with Gasteiger partial charge in [-0.2, -0.15) is 13.2 Å². The minimum atomic E-state index is -4.36. The van der Waals surface area contributed by atoms with Crippen molar-refractivity contribution < 1.29 is 18.0 Å². The molecule has 0 saturated carbocycles. The van der Waals surface area contributed by atoms with Crippen LogP contribution in [0.3, 0.4) is 0 Å². The first-order valence-corrected chi connectivity index (χ1v) is 7.33. The number of halogens is 4. The molecule has 1 aromatic carbocycles. The Bertz CT molecular complexity index is 459. The summed E-state index contributed by atoms with van der Waals surface area (Å²) in [6, 6.07) is 4.61. The Morgan fingerprint density at radius 1 is 1.14 bits per heavy atom. The van der Waals surface area contributed by atoms with Gasteiger partial charge in [0.25, 0.3) is 0 Å². The van der Waals surface area contributed by atoms with Crippen LogP contribution >= 0.6 is 11.6 Å². The van der Waals surface area contributed by atoms with Gasteiger partial charge in [0.15, 0.2) is 0 Å². The molecule has 1 aromatic rings. The summed E-state index contributed by atoms with van der Waals surface area (Å²) in [5.74, 6) is 0.0674. The van der Waals surface area contributed by atoms with E-state index < -0.39 is 17.3 Å². The molecule has 6 heteroatoms. The van der Waals surface area contributed by atoms with E-state index >= 15 is 0 Å². The second-order valence-electron chi connectivity index (χ2n) is 5.04. The predicted molar refractivity (Wildman–Crippen MR) is 77.3 cm³/mol. The first-order chi connectivity index (χ1) is 9.76. The molecule has 0 unspecified atom stereocenters. The van der Waals surface area contributed by atoms with Crippen LogP contribution in [0, 0.1) is 0 Å². The van der Waals surface area contributed by atoms with E-state index in [2.05, 4.69) is 5.32 Å². The fourth-order valence-corrected chi connectivity index (χ4v) is 2.43. The number of amides is 1. The van der Waals surface area contributed by atoms with Crippen molar-refractivity contribution in [2.24, 2.45) is 0 Å². The maximum Gasteiger partial charge on any atom is 0.416 e. The van der Waals surface area contributed by atoms with Gasteiger partial charge in [0.05, 0.1) is 17.5 Å². The van der Waals surface area contributed by atoms with Gasteiger partial charge in [-0.3, -0.25) is 4.79 Å². The van der Waals surface area contributed by atoms with Gasteiger partial charge in [-0.15, -0.1) is 11.6 Å². The van der Waals surface area contributed by atoms with Crippen LogP contribution in [0.2, 0.25) is 0 Å². The number of benzene rings is 1. The molecule has 0 heterocycles. The first kappa shape index (κ1) is 17.8. The summed E-state index contributed by atoms with van der Waals surface area (Å²) in [6.45, 7) is 3.87. The van der Waals surface area contributed by atoms with Crippen molar-refractivity contribution in [2.75, 3.05) is 5.88 Å². The summed E-state index contributed by atoms with van der Waals surface area (Å²) < 4.78 is 37.3. The van der Waals surface area contributed by atoms with Gasteiger partial charge < -0.3 is 5.32 Å². The van der Waals surface area contributed by atoms with Gasteiger partial charge in [0.1, 0.15) is 0 Å². The van der Waals surface area contributed by atoms with Crippen LogP contribution in [0.25, 0.3) is 0 Å². The molecule has 0 spiro atoms. The number of carbonyl (C=O) groups excluding carboxylic acids is 1. The Morgan fingerprint density at radius 2 is 1.67 bits per heavy atom. The third kappa shape index (κ3) is 4.92. The lowest BCUT2D eigenvalue weighted by molar-refractivity contribution is -0.137. The highest BCUT2D eigenvalue weighted by atomic mass is 35.5. The number of hydrogen-bond donors (Lipinski definition) is 1. The van der Waals surface area contributed by atoms with E-state index in [0.29, 0.717) is 24.3 Å². The highest BCUT2D eigenvalue weighted by Gasteiger charge is 2.30. The molecule has 0 atom stereocenters. The van der Waals surface area contributed by atoms with E-state index in [9.17, 15) is 18.0 Å². The standard InChI is InChI=1S/C15H19ClF3NO/c1-3-14(4-2,10-16)20-13(21)9-11-5-7-12(8-6-11)15(17,18)19/h5-8H,3-4,9-10H2,1-2H3,(H,20,21). The van der Waals surface area contributed by atoms with E-state index in [-0.39, 0.29) is 12.3 Å². The van der Waals surface area contributed by atoms with E-state index in [4.69, 9.17) is 11.6 Å². The minimum absolute atomic E-state index is 0.0385. The van der Waals surface area contributed by atoms with Crippen molar-refractivity contribution >= 4 is 17.5 Å². The summed E-state index contributed by atoms with van der Waals surface area (Å²) in [6.07, 6.45) is -2.92. The molecular weight excluding hydrogens is 303 g/mol. The summed E-state index contributed by atoms with van der Waals surface area (Å²) in [7, 11) is 0. The van der Waals surface area contributed by atoms with Crippen LogP contribution in [0.4, 0.5) is 13.2 Å². The molecule has 1 rings (SSSR count). The number of carbonyl (C=O) groups is 1. The zero-order valence-corrected chi connectivity index (χ0v) is 12.8. The van der Waals surface area contributed by atoms with Crippen LogP contribution in [-0.2, 0) is 17.4 Å². The number of hydrogen-bond acceptors (Lipinski definition) is 1. The Morgan fingerprint density at radius 3 is 2.05 bits per heavy atom. The SMILES string of the molecule is CCC(CC)(CCl)NC(=O)Cc1ccc(C(F)(F)F)cc1. The molecule has 2 nitrogen and oxygen atoms in total. The van der Waals surface area contributed by atoms with Gasteiger partial charge >= 0.3 is 6.18 Å². The summed E-state index contributed by atoms with van der Waals surface area (Å²) in [5, 5.41) is 2.88. The number of alkyl halides is 4. The Kier molecular flexibility index (Phi) is 6.08. The normalized spacial score (nSPS) is 12.3. The topological polar surface area (TPSA) is 29.1 Å². The monoisotopic (exact) mass is 321 g/mol. The van der Waals surface area contributed by atoms with Crippen molar-refractivity contribution in [3.63, 3.8) is 0 Å². The number of nitrogens with one attached hydrogen (secondary N) is 1. The van der Waals surface area contributed by atoms with Crippen LogP contribution in [0.1, 0.15) is 37.8 Å². The minimum Gasteiger partial charge on any atom is -0.349 e. The molecule has 21 heavy (non-hydrogen) atoms. The van der Waals surface area contributed by atoms with E-state index in [1.54, 1.807) is 0 Å². The molecule has 0 aliphatic heterocycles.